The lowest BCUT2D eigenvalue weighted by molar-refractivity contribution is -0.197. The van der Waals surface area contributed by atoms with Gasteiger partial charge in [-0.1, -0.05) is 44.2 Å². The first-order chi connectivity index (χ1) is 27.7. The lowest BCUT2D eigenvalue weighted by atomic mass is 9.82. The summed E-state index contributed by atoms with van der Waals surface area (Å²) in [6.07, 6.45) is 5.56. The molecule has 7 atom stereocenters. The van der Waals surface area contributed by atoms with Crippen molar-refractivity contribution in [3.63, 3.8) is 0 Å². The highest BCUT2D eigenvalue weighted by molar-refractivity contribution is 7.91. The number of hydrogen-bond donors (Lipinski definition) is 1. The molecule has 1 saturated heterocycles. The molecule has 3 fully saturated rings. The zero-order chi connectivity index (χ0) is 43.1. The second-order valence-corrected chi connectivity index (χ2v) is 19.8. The fourth-order valence-electron chi connectivity index (χ4n) is 8.50. The molecule has 324 valence electrons. The summed E-state index contributed by atoms with van der Waals surface area (Å²) < 4.78 is 87.2. The normalized spacial score (nSPS) is 29.3. The Morgan fingerprint density at radius 2 is 1.76 bits per heavy atom. The van der Waals surface area contributed by atoms with Crippen LogP contribution in [0.5, 0.6) is 11.6 Å². The van der Waals surface area contributed by atoms with Crippen molar-refractivity contribution in [3.8, 4) is 11.6 Å². The van der Waals surface area contributed by atoms with Crippen molar-refractivity contribution in [1.82, 2.24) is 14.6 Å². The summed E-state index contributed by atoms with van der Waals surface area (Å²) in [5.41, 5.74) is -3.63. The van der Waals surface area contributed by atoms with Crippen LogP contribution >= 0.6 is 0 Å². The molecule has 0 bridgehead atoms. The number of nitrogens with one attached hydrogen (secondary N) is 1. The zero-order valence-electron chi connectivity index (χ0n) is 34.6. The molecule has 2 aliphatic carbocycles. The van der Waals surface area contributed by atoms with Crippen molar-refractivity contribution in [2.75, 3.05) is 19.8 Å². The van der Waals surface area contributed by atoms with E-state index in [9.17, 15) is 40.8 Å². The number of carbonyl (C=O) groups excluding carboxylic acids is 4. The Labute approximate surface area is 344 Å². The monoisotopic (exact) mass is 847 g/mol. The minimum absolute atomic E-state index is 0.0215. The first-order valence-electron chi connectivity index (χ1n) is 20.6. The summed E-state index contributed by atoms with van der Waals surface area (Å²) in [5, 5.41) is 1.36. The number of fused-ring (bicyclic) bond motifs is 3. The molecule has 1 aromatic carbocycles. The van der Waals surface area contributed by atoms with E-state index in [1.54, 1.807) is 0 Å². The van der Waals surface area contributed by atoms with E-state index in [0.717, 1.165) is 19.2 Å². The SMILES string of the molecule is CCOc1cnc(O[C@@H]2C[C@H]3C(=O)C[C@]4(C(=O)NS(=O)(=O)C5(CF)CC5)C[C@H]4/C=C\CC[C@@H](C)C[C@@H](C)[C@H](CC(=O)OC(C)(C)C(C)(F)F)C(=O)N3C2)c2ccccc12. The highest BCUT2D eigenvalue weighted by atomic mass is 32.2. The van der Waals surface area contributed by atoms with Crippen LogP contribution in [0.1, 0.15) is 99.3 Å². The number of nitrogens with zero attached hydrogens (tertiary/aromatic N) is 2. The standard InChI is InChI=1S/C43H56F3N3O9S/c1-7-56-35-23-47-37(31-15-11-10-14-30(31)35)57-29-19-33-34(50)22-43(39(53)48-59(54,55)42(25-44)16-17-42)21-28(43)13-9-8-12-26(2)18-27(3)32(38(52)49(33)24-29)20-36(51)58-40(4,5)41(6,45)46/h9-11,13-15,23,26-29,32-33H,7-8,12,16-22,24-25H2,1-6H3,(H,48,53)/b13-9-/t26-,27-,28-,29-,32+,33+,43-/m1/s1. The molecular formula is C43H56F3N3O9S. The highest BCUT2D eigenvalue weighted by Gasteiger charge is 2.63. The predicted molar refractivity (Wildman–Crippen MR) is 213 cm³/mol. The van der Waals surface area contributed by atoms with Crippen LogP contribution in [-0.4, -0.2) is 90.1 Å². The van der Waals surface area contributed by atoms with E-state index in [-0.39, 0.29) is 44.0 Å². The molecule has 0 unspecified atom stereocenters. The van der Waals surface area contributed by atoms with E-state index in [4.69, 9.17) is 14.2 Å². The number of ketones is 1. The Balaban J connectivity index is 1.36. The number of Topliss-reactive ketones (excluding diaryl/α,β-unsaturated/α-hetero) is 1. The van der Waals surface area contributed by atoms with Crippen LogP contribution in [0.4, 0.5) is 13.2 Å². The summed E-state index contributed by atoms with van der Waals surface area (Å²) >= 11 is 0. The number of rotatable bonds is 12. The lowest BCUT2D eigenvalue weighted by Crippen LogP contribution is -2.49. The molecule has 2 amide bonds. The Bertz CT molecular complexity index is 2090. The Hall–Kier alpha value is -4.21. The quantitative estimate of drug-likeness (QED) is 0.176. The number of sulfonamides is 1. The van der Waals surface area contributed by atoms with Gasteiger partial charge in [-0.15, -0.1) is 0 Å². The van der Waals surface area contributed by atoms with Crippen molar-refractivity contribution in [2.24, 2.45) is 29.1 Å². The number of alkyl halides is 3. The molecule has 2 saturated carbocycles. The maximum atomic E-state index is 14.9. The molecule has 12 nitrogen and oxygen atoms in total. The number of pyridine rings is 1. The molecule has 1 N–H and O–H groups in total. The first kappa shape index (κ1) is 44.3. The second-order valence-electron chi connectivity index (χ2n) is 17.8. The van der Waals surface area contributed by atoms with Crippen molar-refractivity contribution in [3.05, 3.63) is 42.6 Å². The smallest absolute Gasteiger partial charge is 0.307 e. The first-order valence-corrected chi connectivity index (χ1v) is 22.1. The zero-order valence-corrected chi connectivity index (χ0v) is 35.4. The fraction of sp³-hybridized carbons (Fsp3) is 0.651. The summed E-state index contributed by atoms with van der Waals surface area (Å²) in [5.74, 6) is -7.55. The van der Waals surface area contributed by atoms with Crippen LogP contribution < -0.4 is 14.2 Å². The average Bonchev–Trinajstić information content (AvgIpc) is 4.07. The minimum Gasteiger partial charge on any atom is -0.492 e. The molecule has 2 aliphatic heterocycles. The summed E-state index contributed by atoms with van der Waals surface area (Å²) in [4.78, 5) is 62.9. The van der Waals surface area contributed by atoms with E-state index >= 15 is 0 Å². The van der Waals surface area contributed by atoms with Gasteiger partial charge >= 0.3 is 5.97 Å². The Morgan fingerprint density at radius 1 is 1.07 bits per heavy atom. The van der Waals surface area contributed by atoms with Gasteiger partial charge in [-0.25, -0.2) is 26.6 Å². The van der Waals surface area contributed by atoms with Gasteiger partial charge in [0.1, 0.15) is 23.3 Å². The van der Waals surface area contributed by atoms with Gasteiger partial charge in [0.25, 0.3) is 5.92 Å². The molecule has 2 aromatic rings. The van der Waals surface area contributed by atoms with Crippen molar-refractivity contribution in [1.29, 1.82) is 0 Å². The number of aromatic nitrogens is 1. The van der Waals surface area contributed by atoms with Gasteiger partial charge in [0.2, 0.25) is 27.7 Å². The van der Waals surface area contributed by atoms with Gasteiger partial charge in [-0.2, -0.15) is 0 Å². The predicted octanol–water partition coefficient (Wildman–Crippen LogP) is 6.89. The van der Waals surface area contributed by atoms with E-state index in [2.05, 4.69) is 9.71 Å². The Kier molecular flexibility index (Phi) is 12.5. The van der Waals surface area contributed by atoms with E-state index in [1.807, 2.05) is 57.2 Å². The molecule has 3 heterocycles. The summed E-state index contributed by atoms with van der Waals surface area (Å²) in [6.45, 7) is 7.66. The van der Waals surface area contributed by atoms with E-state index in [1.165, 1.54) is 11.1 Å². The van der Waals surface area contributed by atoms with Gasteiger partial charge in [-0.3, -0.25) is 23.9 Å². The molecule has 4 aliphatic rings. The summed E-state index contributed by atoms with van der Waals surface area (Å²) in [6, 6.07) is 6.14. The van der Waals surface area contributed by atoms with Crippen LogP contribution in [0.25, 0.3) is 10.8 Å². The molecule has 59 heavy (non-hydrogen) atoms. The van der Waals surface area contributed by atoms with Gasteiger partial charge < -0.3 is 19.1 Å². The summed E-state index contributed by atoms with van der Waals surface area (Å²) in [7, 11) is -4.39. The number of allylic oxidation sites excluding steroid dienone is 2. The molecule has 16 heteroatoms. The number of benzene rings is 1. The van der Waals surface area contributed by atoms with Crippen LogP contribution in [0.15, 0.2) is 42.6 Å². The third-order valence-corrected chi connectivity index (χ3v) is 15.0. The van der Waals surface area contributed by atoms with Crippen LogP contribution in [0, 0.1) is 29.1 Å². The molecular weight excluding hydrogens is 792 g/mol. The average molecular weight is 848 g/mol. The van der Waals surface area contributed by atoms with Gasteiger partial charge in [0.15, 0.2) is 11.4 Å². The van der Waals surface area contributed by atoms with Crippen LogP contribution in [0.3, 0.4) is 0 Å². The third-order valence-electron chi connectivity index (χ3n) is 12.9. The van der Waals surface area contributed by atoms with E-state index in [0.29, 0.717) is 43.9 Å². The number of halogens is 3. The fourth-order valence-corrected chi connectivity index (χ4v) is 9.94. The highest BCUT2D eigenvalue weighted by Crippen LogP contribution is 2.58. The molecule has 1 aromatic heterocycles. The number of amides is 2. The number of carbonyl (C=O) groups is 4. The maximum Gasteiger partial charge on any atom is 0.307 e. The maximum absolute atomic E-state index is 14.9. The molecule has 6 rings (SSSR count). The van der Waals surface area contributed by atoms with Crippen molar-refractivity contribution in [2.45, 2.75) is 128 Å². The van der Waals surface area contributed by atoms with Crippen LogP contribution in [-0.2, 0) is 33.9 Å². The number of esters is 1. The van der Waals surface area contributed by atoms with Crippen LogP contribution in [0.2, 0.25) is 0 Å². The molecule has 0 spiro atoms. The number of ether oxygens (including phenoxy) is 3. The topological polar surface area (TPSA) is 158 Å². The molecule has 0 radical (unpaired) electrons. The van der Waals surface area contributed by atoms with Gasteiger partial charge in [-0.05, 0) is 83.1 Å². The minimum atomic E-state index is -4.39. The largest absolute Gasteiger partial charge is 0.492 e. The lowest BCUT2D eigenvalue weighted by Gasteiger charge is -2.34. The van der Waals surface area contributed by atoms with Gasteiger partial charge in [0, 0.05) is 30.5 Å². The Morgan fingerprint density at radius 3 is 2.41 bits per heavy atom. The van der Waals surface area contributed by atoms with Crippen molar-refractivity contribution < 1.29 is 55.0 Å². The number of hydrogen-bond acceptors (Lipinski definition) is 10. The van der Waals surface area contributed by atoms with Crippen molar-refractivity contribution >= 4 is 44.4 Å². The second kappa shape index (κ2) is 16.7. The van der Waals surface area contributed by atoms with E-state index < -0.39 is 105 Å². The third kappa shape index (κ3) is 9.12. The van der Waals surface area contributed by atoms with Gasteiger partial charge in [0.05, 0.1) is 43.1 Å².